The lowest BCUT2D eigenvalue weighted by molar-refractivity contribution is 1.07. The van der Waals surface area contributed by atoms with E-state index >= 15 is 0 Å². The summed E-state index contributed by atoms with van der Waals surface area (Å²) in [6.45, 7) is 0. The van der Waals surface area contributed by atoms with Crippen molar-refractivity contribution < 1.29 is 0 Å². The third-order valence-corrected chi connectivity index (χ3v) is 6.57. The van der Waals surface area contributed by atoms with Crippen molar-refractivity contribution in [1.29, 1.82) is 0 Å². The number of rotatable bonds is 4. The van der Waals surface area contributed by atoms with Crippen LogP contribution in [0.2, 0.25) is 0 Å². The molecule has 0 saturated carbocycles. The fourth-order valence-electron chi connectivity index (χ4n) is 4.74. The fraction of sp³-hybridized carbons (Fsp3) is 0. The molecule has 0 amide bonds. The van der Waals surface area contributed by atoms with E-state index in [1.54, 1.807) is 6.20 Å². The maximum absolute atomic E-state index is 5.02. The number of para-hydroxylation sites is 1. The minimum absolute atomic E-state index is 0.589. The molecule has 4 aromatic carbocycles. The first-order chi connectivity index (χ1) is 18.8. The molecule has 0 saturated heterocycles. The van der Waals surface area contributed by atoms with Gasteiger partial charge in [0.05, 0.1) is 16.9 Å². The zero-order valence-corrected chi connectivity index (χ0v) is 20.4. The van der Waals surface area contributed by atoms with Crippen LogP contribution in [0.15, 0.2) is 128 Å². The number of pyridine rings is 2. The van der Waals surface area contributed by atoms with Crippen LogP contribution in [0.1, 0.15) is 0 Å². The van der Waals surface area contributed by atoms with E-state index in [9.17, 15) is 0 Å². The standard InChI is InChI=1S/C33H21N5/c1-3-11-22(12-4-1)31-36-32(23-13-5-2-6-14-23)38-33(37-31)24-19-20-34-29(21-24)30-27-17-8-7-15-25(27)26-16-9-10-18-28(26)35-30/h1-21H. The van der Waals surface area contributed by atoms with Crippen LogP contribution < -0.4 is 0 Å². The molecule has 0 atom stereocenters. The quantitative estimate of drug-likeness (QED) is 0.239. The minimum atomic E-state index is 0.589. The van der Waals surface area contributed by atoms with Crippen molar-refractivity contribution in [3.05, 3.63) is 128 Å². The normalized spacial score (nSPS) is 11.2. The first kappa shape index (κ1) is 21.9. The predicted molar refractivity (Wildman–Crippen MR) is 152 cm³/mol. The van der Waals surface area contributed by atoms with Crippen LogP contribution in [-0.2, 0) is 0 Å². The summed E-state index contributed by atoms with van der Waals surface area (Å²) in [6.07, 6.45) is 1.80. The monoisotopic (exact) mass is 487 g/mol. The summed E-state index contributed by atoms with van der Waals surface area (Å²) in [5.74, 6) is 1.84. The molecule has 178 valence electrons. The summed E-state index contributed by atoms with van der Waals surface area (Å²) < 4.78 is 0. The number of hydrogen-bond acceptors (Lipinski definition) is 5. The first-order valence-electron chi connectivity index (χ1n) is 12.4. The maximum Gasteiger partial charge on any atom is 0.164 e. The van der Waals surface area contributed by atoms with Crippen LogP contribution in [0.25, 0.3) is 67.2 Å². The number of fused-ring (bicyclic) bond motifs is 3. The Kier molecular flexibility index (Phi) is 5.37. The average molecular weight is 488 g/mol. The highest BCUT2D eigenvalue weighted by atomic mass is 15.0. The van der Waals surface area contributed by atoms with Gasteiger partial charge in [-0.05, 0) is 23.6 Å². The van der Waals surface area contributed by atoms with Crippen LogP contribution in [0.3, 0.4) is 0 Å². The van der Waals surface area contributed by atoms with Crippen molar-refractivity contribution >= 4 is 21.7 Å². The van der Waals surface area contributed by atoms with Crippen LogP contribution in [0.5, 0.6) is 0 Å². The summed E-state index contributed by atoms with van der Waals surface area (Å²) in [7, 11) is 0. The molecule has 0 bridgehead atoms. The van der Waals surface area contributed by atoms with Crippen molar-refractivity contribution in [3.8, 4) is 45.6 Å². The second-order valence-electron chi connectivity index (χ2n) is 8.99. The van der Waals surface area contributed by atoms with Gasteiger partial charge in [0, 0.05) is 33.7 Å². The molecule has 0 unspecified atom stereocenters. The minimum Gasteiger partial charge on any atom is -0.255 e. The molecule has 5 heteroatoms. The Balaban J connectivity index is 1.42. The van der Waals surface area contributed by atoms with Gasteiger partial charge in [-0.25, -0.2) is 19.9 Å². The van der Waals surface area contributed by atoms with Gasteiger partial charge in [0.2, 0.25) is 0 Å². The van der Waals surface area contributed by atoms with E-state index in [0.29, 0.717) is 17.5 Å². The van der Waals surface area contributed by atoms with Crippen molar-refractivity contribution in [1.82, 2.24) is 24.9 Å². The molecule has 7 rings (SSSR count). The van der Waals surface area contributed by atoms with Gasteiger partial charge in [-0.2, -0.15) is 0 Å². The second kappa shape index (κ2) is 9.30. The summed E-state index contributed by atoms with van der Waals surface area (Å²) in [5.41, 5.74) is 5.26. The van der Waals surface area contributed by atoms with Gasteiger partial charge in [-0.1, -0.05) is 103 Å². The largest absolute Gasteiger partial charge is 0.255 e. The molecule has 0 fully saturated rings. The summed E-state index contributed by atoms with van der Waals surface area (Å²) >= 11 is 0. The van der Waals surface area contributed by atoms with Crippen LogP contribution in [0.4, 0.5) is 0 Å². The van der Waals surface area contributed by atoms with Gasteiger partial charge in [-0.15, -0.1) is 0 Å². The van der Waals surface area contributed by atoms with E-state index < -0.39 is 0 Å². The Morgan fingerprint density at radius 3 is 1.58 bits per heavy atom. The van der Waals surface area contributed by atoms with Gasteiger partial charge in [0.25, 0.3) is 0 Å². The molecule has 0 N–H and O–H groups in total. The van der Waals surface area contributed by atoms with Crippen molar-refractivity contribution in [2.45, 2.75) is 0 Å². The molecule has 7 aromatic rings. The number of benzene rings is 4. The van der Waals surface area contributed by atoms with Crippen LogP contribution in [0, 0.1) is 0 Å². The average Bonchev–Trinajstić information content (AvgIpc) is 3.01. The van der Waals surface area contributed by atoms with Gasteiger partial charge >= 0.3 is 0 Å². The molecular formula is C33H21N5. The Hall–Kier alpha value is -5.29. The van der Waals surface area contributed by atoms with Gasteiger partial charge in [0.1, 0.15) is 0 Å². The molecule has 38 heavy (non-hydrogen) atoms. The zero-order valence-electron chi connectivity index (χ0n) is 20.4. The Labute approximate surface area is 219 Å². The van der Waals surface area contributed by atoms with E-state index in [4.69, 9.17) is 24.9 Å². The Morgan fingerprint density at radius 1 is 0.395 bits per heavy atom. The molecular weight excluding hydrogens is 466 g/mol. The van der Waals surface area contributed by atoms with E-state index in [1.807, 2.05) is 97.1 Å². The fourth-order valence-corrected chi connectivity index (χ4v) is 4.74. The predicted octanol–water partition coefficient (Wildman–Crippen LogP) is 7.64. The molecule has 0 radical (unpaired) electrons. The van der Waals surface area contributed by atoms with Crippen LogP contribution >= 0.6 is 0 Å². The molecule has 0 aliphatic carbocycles. The van der Waals surface area contributed by atoms with Crippen molar-refractivity contribution in [2.75, 3.05) is 0 Å². The lowest BCUT2D eigenvalue weighted by Crippen LogP contribution is -2.00. The highest BCUT2D eigenvalue weighted by Crippen LogP contribution is 2.33. The number of aromatic nitrogens is 5. The van der Waals surface area contributed by atoms with Gasteiger partial charge in [0.15, 0.2) is 17.5 Å². The van der Waals surface area contributed by atoms with E-state index in [2.05, 4.69) is 24.3 Å². The van der Waals surface area contributed by atoms with Crippen molar-refractivity contribution in [3.63, 3.8) is 0 Å². The van der Waals surface area contributed by atoms with Gasteiger partial charge < -0.3 is 0 Å². The summed E-state index contributed by atoms with van der Waals surface area (Å²) in [5, 5.41) is 3.33. The third kappa shape index (κ3) is 3.96. The van der Waals surface area contributed by atoms with E-state index in [0.717, 1.165) is 49.8 Å². The third-order valence-electron chi connectivity index (χ3n) is 6.57. The maximum atomic E-state index is 5.02. The molecule has 5 nitrogen and oxygen atoms in total. The molecule has 3 heterocycles. The highest BCUT2D eigenvalue weighted by Gasteiger charge is 2.15. The van der Waals surface area contributed by atoms with E-state index in [1.165, 1.54) is 0 Å². The lowest BCUT2D eigenvalue weighted by Gasteiger charge is -2.11. The highest BCUT2D eigenvalue weighted by molar-refractivity contribution is 6.10. The first-order valence-corrected chi connectivity index (χ1v) is 12.4. The van der Waals surface area contributed by atoms with Crippen LogP contribution in [-0.4, -0.2) is 24.9 Å². The topological polar surface area (TPSA) is 64.5 Å². The SMILES string of the molecule is c1ccc(-c2nc(-c3ccccc3)nc(-c3ccnc(-c4nc5ccccc5c5ccccc45)c3)n2)cc1. The Bertz CT molecular complexity index is 1860. The summed E-state index contributed by atoms with van der Waals surface area (Å²) in [4.78, 5) is 24.3. The second-order valence-corrected chi connectivity index (χ2v) is 8.99. The van der Waals surface area contributed by atoms with Crippen molar-refractivity contribution in [2.24, 2.45) is 0 Å². The molecule has 0 spiro atoms. The number of nitrogens with zero attached hydrogens (tertiary/aromatic N) is 5. The molecule has 0 aliphatic rings. The Morgan fingerprint density at radius 2 is 0.921 bits per heavy atom. The molecule has 0 aliphatic heterocycles. The summed E-state index contributed by atoms with van der Waals surface area (Å²) in [6, 6.07) is 40.5. The molecule has 3 aromatic heterocycles. The van der Waals surface area contributed by atoms with E-state index in [-0.39, 0.29) is 0 Å². The smallest absolute Gasteiger partial charge is 0.164 e. The number of hydrogen-bond donors (Lipinski definition) is 0. The zero-order chi connectivity index (χ0) is 25.3. The van der Waals surface area contributed by atoms with Gasteiger partial charge in [-0.3, -0.25) is 4.98 Å². The lowest BCUT2D eigenvalue weighted by atomic mass is 10.0.